The Morgan fingerprint density at radius 3 is 2.80 bits per heavy atom. The van der Waals surface area contributed by atoms with Crippen LogP contribution in [0.25, 0.3) is 0 Å². The largest absolute Gasteiger partial charge is 0.381 e. The van der Waals surface area contributed by atoms with E-state index in [0.29, 0.717) is 23.2 Å². The average molecular weight is 344 g/mol. The van der Waals surface area contributed by atoms with E-state index in [1.165, 1.54) is 11.1 Å². The Balaban J connectivity index is 2.04. The molecule has 0 amide bonds. The van der Waals surface area contributed by atoms with E-state index in [-0.39, 0.29) is 11.1 Å². The molecular weight excluding hydrogens is 322 g/mol. The fraction of sp³-hybridized carbons (Fsp3) is 0.692. The van der Waals surface area contributed by atoms with E-state index >= 15 is 0 Å². The average Bonchev–Trinajstić information content (AvgIpc) is 2.37. The van der Waals surface area contributed by atoms with E-state index in [9.17, 15) is 4.79 Å². The number of nitrogens with zero attached hydrogens (tertiary/aromatic N) is 3. The third kappa shape index (κ3) is 3.59. The van der Waals surface area contributed by atoms with Crippen LogP contribution >= 0.6 is 15.9 Å². The molecular formula is C13H22BrN5O. The fourth-order valence-electron chi connectivity index (χ4n) is 2.12. The summed E-state index contributed by atoms with van der Waals surface area (Å²) in [5, 5.41) is 7.43. The second-order valence-electron chi connectivity index (χ2n) is 5.77. The molecule has 0 radical (unpaired) electrons. The highest BCUT2D eigenvalue weighted by Crippen LogP contribution is 2.29. The predicted octanol–water partition coefficient (Wildman–Crippen LogP) is 0.861. The van der Waals surface area contributed by atoms with Crippen molar-refractivity contribution in [3.63, 3.8) is 0 Å². The minimum atomic E-state index is -0.126. The van der Waals surface area contributed by atoms with Gasteiger partial charge in [-0.25, -0.2) is 4.68 Å². The number of aromatic nitrogens is 2. The summed E-state index contributed by atoms with van der Waals surface area (Å²) in [6.07, 6.45) is 4.93. The molecule has 0 saturated heterocycles. The first-order valence-electron chi connectivity index (χ1n) is 6.84. The summed E-state index contributed by atoms with van der Waals surface area (Å²) in [6, 6.07) is 0. The maximum Gasteiger partial charge on any atom is 0.283 e. The van der Waals surface area contributed by atoms with Gasteiger partial charge >= 0.3 is 0 Å². The molecule has 2 rings (SSSR count). The van der Waals surface area contributed by atoms with Crippen molar-refractivity contribution in [2.45, 2.75) is 31.3 Å². The normalized spacial score (nSPS) is 17.1. The number of nitrogens with one attached hydrogen (secondary N) is 1. The molecule has 1 aromatic heterocycles. The van der Waals surface area contributed by atoms with Crippen molar-refractivity contribution in [3.05, 3.63) is 21.0 Å². The lowest BCUT2D eigenvalue weighted by molar-refractivity contribution is 0.265. The van der Waals surface area contributed by atoms with Crippen LogP contribution in [0, 0.1) is 0 Å². The number of rotatable bonds is 6. The standard InChI is InChI=1S/C13H22BrN5O/c1-18(2)6-7-19-12(20)11(14)10(8-17-19)16-9-13(15)4-3-5-13/h8,16H,3-7,9,15H2,1-2H3. The predicted molar refractivity (Wildman–Crippen MR) is 84.0 cm³/mol. The SMILES string of the molecule is CN(C)CCn1ncc(NCC2(N)CCC2)c(Br)c1=O. The number of hydrogen-bond acceptors (Lipinski definition) is 5. The van der Waals surface area contributed by atoms with Crippen LogP contribution in [0.1, 0.15) is 19.3 Å². The minimum Gasteiger partial charge on any atom is -0.381 e. The first-order valence-corrected chi connectivity index (χ1v) is 7.64. The van der Waals surface area contributed by atoms with Gasteiger partial charge in [0.1, 0.15) is 4.47 Å². The molecule has 6 nitrogen and oxygen atoms in total. The Bertz CT molecular complexity index is 524. The van der Waals surface area contributed by atoms with Gasteiger partial charge in [-0.3, -0.25) is 4.79 Å². The molecule has 0 unspecified atom stereocenters. The smallest absolute Gasteiger partial charge is 0.283 e. The van der Waals surface area contributed by atoms with Crippen molar-refractivity contribution in [1.82, 2.24) is 14.7 Å². The zero-order valence-corrected chi connectivity index (χ0v) is 13.6. The van der Waals surface area contributed by atoms with Crippen molar-refractivity contribution in [2.24, 2.45) is 5.73 Å². The molecule has 0 bridgehead atoms. The zero-order valence-electron chi connectivity index (χ0n) is 12.0. The van der Waals surface area contributed by atoms with Crippen LogP contribution in [-0.4, -0.2) is 47.4 Å². The molecule has 1 aromatic rings. The van der Waals surface area contributed by atoms with Gasteiger partial charge in [0, 0.05) is 18.6 Å². The molecule has 0 atom stereocenters. The minimum absolute atomic E-state index is 0.114. The van der Waals surface area contributed by atoms with E-state index in [4.69, 9.17) is 5.73 Å². The van der Waals surface area contributed by atoms with Gasteiger partial charge in [0.2, 0.25) is 0 Å². The Kier molecular flexibility index (Phi) is 4.82. The summed E-state index contributed by atoms with van der Waals surface area (Å²) in [4.78, 5) is 14.2. The van der Waals surface area contributed by atoms with Crippen molar-refractivity contribution >= 4 is 21.6 Å². The molecule has 0 aliphatic heterocycles. The maximum atomic E-state index is 12.2. The third-order valence-electron chi connectivity index (χ3n) is 3.72. The Morgan fingerprint density at radius 1 is 1.55 bits per heavy atom. The van der Waals surface area contributed by atoms with Crippen LogP contribution in [0.5, 0.6) is 0 Å². The number of halogens is 1. The van der Waals surface area contributed by atoms with Crippen LogP contribution in [-0.2, 0) is 6.54 Å². The van der Waals surface area contributed by atoms with Gasteiger partial charge in [0.05, 0.1) is 18.4 Å². The number of likely N-dealkylation sites (N-methyl/N-ethyl adjacent to an activating group) is 1. The molecule has 1 fully saturated rings. The Labute approximate surface area is 127 Å². The summed E-state index contributed by atoms with van der Waals surface area (Å²) in [5.74, 6) is 0. The lowest BCUT2D eigenvalue weighted by atomic mass is 9.78. The van der Waals surface area contributed by atoms with Crippen LogP contribution in [0.3, 0.4) is 0 Å². The lowest BCUT2D eigenvalue weighted by Crippen LogP contribution is -2.52. The van der Waals surface area contributed by atoms with Gasteiger partial charge in [-0.05, 0) is 49.3 Å². The fourth-order valence-corrected chi connectivity index (χ4v) is 2.57. The third-order valence-corrected chi connectivity index (χ3v) is 4.49. The first kappa shape index (κ1) is 15.5. The van der Waals surface area contributed by atoms with E-state index in [1.54, 1.807) is 6.20 Å². The molecule has 7 heteroatoms. The molecule has 1 aliphatic rings. The Morgan fingerprint density at radius 2 is 2.25 bits per heavy atom. The van der Waals surface area contributed by atoms with Crippen LogP contribution in [0.15, 0.2) is 15.5 Å². The van der Waals surface area contributed by atoms with E-state index in [2.05, 4.69) is 26.3 Å². The Hall–Kier alpha value is -0.920. The maximum absolute atomic E-state index is 12.2. The summed E-state index contributed by atoms with van der Waals surface area (Å²) >= 11 is 3.36. The summed E-state index contributed by atoms with van der Waals surface area (Å²) in [7, 11) is 3.94. The van der Waals surface area contributed by atoms with Crippen LogP contribution in [0.4, 0.5) is 5.69 Å². The van der Waals surface area contributed by atoms with Crippen LogP contribution in [0.2, 0.25) is 0 Å². The topological polar surface area (TPSA) is 76.2 Å². The first-order chi connectivity index (χ1) is 9.41. The van der Waals surface area contributed by atoms with Crippen molar-refractivity contribution in [2.75, 3.05) is 32.5 Å². The quantitative estimate of drug-likeness (QED) is 0.801. The number of hydrogen-bond donors (Lipinski definition) is 2. The van der Waals surface area contributed by atoms with Crippen molar-refractivity contribution in [1.29, 1.82) is 0 Å². The molecule has 0 spiro atoms. The molecule has 112 valence electrons. The van der Waals surface area contributed by atoms with Gasteiger partial charge < -0.3 is 16.0 Å². The second kappa shape index (κ2) is 6.24. The molecule has 0 aromatic carbocycles. The molecule has 1 aliphatic carbocycles. The van der Waals surface area contributed by atoms with Crippen LogP contribution < -0.4 is 16.6 Å². The number of nitrogens with two attached hydrogens (primary N) is 1. The number of anilines is 1. The summed E-state index contributed by atoms with van der Waals surface area (Å²) < 4.78 is 1.99. The van der Waals surface area contributed by atoms with Gasteiger partial charge in [-0.15, -0.1) is 0 Å². The summed E-state index contributed by atoms with van der Waals surface area (Å²) in [5.41, 5.74) is 6.64. The highest BCUT2D eigenvalue weighted by Gasteiger charge is 2.32. The van der Waals surface area contributed by atoms with E-state index < -0.39 is 0 Å². The molecule has 3 N–H and O–H groups in total. The van der Waals surface area contributed by atoms with Crippen molar-refractivity contribution in [3.8, 4) is 0 Å². The summed E-state index contributed by atoms with van der Waals surface area (Å²) in [6.45, 7) is 2.03. The van der Waals surface area contributed by atoms with Gasteiger partial charge in [-0.1, -0.05) is 0 Å². The van der Waals surface area contributed by atoms with E-state index in [0.717, 1.165) is 19.4 Å². The van der Waals surface area contributed by atoms with Crippen molar-refractivity contribution < 1.29 is 0 Å². The highest BCUT2D eigenvalue weighted by atomic mass is 79.9. The monoisotopic (exact) mass is 343 g/mol. The highest BCUT2D eigenvalue weighted by molar-refractivity contribution is 9.10. The lowest BCUT2D eigenvalue weighted by Gasteiger charge is -2.38. The molecule has 1 saturated carbocycles. The van der Waals surface area contributed by atoms with Gasteiger partial charge in [0.25, 0.3) is 5.56 Å². The zero-order chi connectivity index (χ0) is 14.8. The molecule has 20 heavy (non-hydrogen) atoms. The van der Waals surface area contributed by atoms with Gasteiger partial charge in [-0.2, -0.15) is 5.10 Å². The second-order valence-corrected chi connectivity index (χ2v) is 6.57. The van der Waals surface area contributed by atoms with Gasteiger partial charge in [0.15, 0.2) is 0 Å². The van der Waals surface area contributed by atoms with E-state index in [1.807, 2.05) is 19.0 Å². The molecule has 1 heterocycles.